The first-order chi connectivity index (χ1) is 13.8. The molecule has 0 N–H and O–H groups in total. The van der Waals surface area contributed by atoms with Gasteiger partial charge in [0.1, 0.15) is 5.82 Å². The number of nitrogens with zero attached hydrogens (tertiary/aromatic N) is 4. The molecule has 0 atom stereocenters. The molecule has 3 aromatic heterocycles. The molecule has 0 bridgehead atoms. The van der Waals surface area contributed by atoms with Crippen LogP contribution in [0.25, 0.3) is 38.4 Å². The fraction of sp³-hybridized carbons (Fsp3) is 0.240. The van der Waals surface area contributed by atoms with E-state index < -0.39 is 0 Å². The van der Waals surface area contributed by atoms with E-state index in [4.69, 9.17) is 9.97 Å². The largest absolute Gasteiger partial charge is 0.315 e. The zero-order valence-corrected chi connectivity index (χ0v) is 17.5. The second kappa shape index (κ2) is 6.11. The van der Waals surface area contributed by atoms with Crippen LogP contribution < -0.4 is 0 Å². The standard InChI is InChI=1S/C25H24N4/c1-15-7-6-8-16(2)23(15)29-12-11-17-18-9-10-20-19(22(18)26-14-21(17)29)13-27-24(28-20)25(3,4)5/h6-14H,1-5H3. The van der Waals surface area contributed by atoms with Gasteiger partial charge in [-0.05, 0) is 43.2 Å². The summed E-state index contributed by atoms with van der Waals surface area (Å²) in [7, 11) is 0. The molecular weight excluding hydrogens is 356 g/mol. The molecule has 0 fully saturated rings. The fourth-order valence-electron chi connectivity index (χ4n) is 4.12. The minimum Gasteiger partial charge on any atom is -0.315 e. The first-order valence-corrected chi connectivity index (χ1v) is 9.97. The first-order valence-electron chi connectivity index (χ1n) is 9.97. The number of para-hydroxylation sites is 1. The van der Waals surface area contributed by atoms with Gasteiger partial charge in [-0.25, -0.2) is 9.97 Å². The first kappa shape index (κ1) is 17.8. The van der Waals surface area contributed by atoms with Crippen molar-refractivity contribution >= 4 is 32.7 Å². The van der Waals surface area contributed by atoms with Crippen molar-refractivity contribution in [3.63, 3.8) is 0 Å². The highest BCUT2D eigenvalue weighted by Gasteiger charge is 2.19. The molecule has 0 saturated heterocycles. The number of aromatic nitrogens is 4. The molecule has 5 rings (SSSR count). The summed E-state index contributed by atoms with van der Waals surface area (Å²) in [5.41, 5.74) is 6.66. The van der Waals surface area contributed by atoms with Gasteiger partial charge in [-0.2, -0.15) is 0 Å². The molecular formula is C25H24N4. The third kappa shape index (κ3) is 2.70. The molecule has 4 heteroatoms. The molecule has 2 aromatic carbocycles. The van der Waals surface area contributed by atoms with Crippen LogP contribution in [0.15, 0.2) is 55.0 Å². The Morgan fingerprint density at radius 1 is 0.793 bits per heavy atom. The van der Waals surface area contributed by atoms with Crippen LogP contribution in [0.2, 0.25) is 0 Å². The van der Waals surface area contributed by atoms with Gasteiger partial charge in [0, 0.05) is 34.0 Å². The van der Waals surface area contributed by atoms with Crippen molar-refractivity contribution < 1.29 is 0 Å². The van der Waals surface area contributed by atoms with Gasteiger partial charge in [-0.15, -0.1) is 0 Å². The maximum atomic E-state index is 4.85. The van der Waals surface area contributed by atoms with E-state index >= 15 is 0 Å². The van der Waals surface area contributed by atoms with Crippen molar-refractivity contribution in [3.8, 4) is 5.69 Å². The topological polar surface area (TPSA) is 43.6 Å². The van der Waals surface area contributed by atoms with Crippen molar-refractivity contribution in [1.29, 1.82) is 0 Å². The Morgan fingerprint density at radius 2 is 1.55 bits per heavy atom. The minimum absolute atomic E-state index is 0.0802. The second-order valence-electron chi connectivity index (χ2n) is 8.82. The molecule has 0 aliphatic carbocycles. The third-order valence-electron chi connectivity index (χ3n) is 5.62. The number of benzene rings is 2. The average Bonchev–Trinajstić information content (AvgIpc) is 3.10. The van der Waals surface area contributed by atoms with Gasteiger partial charge in [0.05, 0.1) is 28.4 Å². The lowest BCUT2D eigenvalue weighted by atomic mass is 9.95. The Bertz CT molecular complexity index is 1380. The summed E-state index contributed by atoms with van der Waals surface area (Å²) in [4.78, 5) is 14.3. The van der Waals surface area contributed by atoms with E-state index in [0.717, 1.165) is 33.1 Å². The molecule has 0 radical (unpaired) electrons. The van der Waals surface area contributed by atoms with Crippen molar-refractivity contribution in [3.05, 3.63) is 71.9 Å². The van der Waals surface area contributed by atoms with Crippen LogP contribution in [0.5, 0.6) is 0 Å². The molecule has 29 heavy (non-hydrogen) atoms. The zero-order chi connectivity index (χ0) is 20.3. The van der Waals surface area contributed by atoms with Gasteiger partial charge in [-0.3, -0.25) is 4.98 Å². The molecule has 0 spiro atoms. The van der Waals surface area contributed by atoms with E-state index in [0.29, 0.717) is 0 Å². The third-order valence-corrected chi connectivity index (χ3v) is 5.62. The number of aryl methyl sites for hydroxylation is 2. The Morgan fingerprint density at radius 3 is 2.28 bits per heavy atom. The predicted octanol–water partition coefficient (Wildman–Crippen LogP) is 6.04. The molecule has 0 aliphatic rings. The van der Waals surface area contributed by atoms with E-state index in [2.05, 4.69) is 86.8 Å². The zero-order valence-electron chi connectivity index (χ0n) is 17.5. The van der Waals surface area contributed by atoms with Crippen LogP contribution in [0.1, 0.15) is 37.7 Å². The summed E-state index contributed by atoms with van der Waals surface area (Å²) < 4.78 is 2.25. The lowest BCUT2D eigenvalue weighted by molar-refractivity contribution is 0.548. The molecule has 0 aliphatic heterocycles. The normalized spacial score (nSPS) is 12.3. The van der Waals surface area contributed by atoms with Gasteiger partial charge < -0.3 is 4.57 Å². The molecule has 0 amide bonds. The quantitative estimate of drug-likeness (QED) is 0.333. The number of rotatable bonds is 1. The van der Waals surface area contributed by atoms with Crippen molar-refractivity contribution in [2.75, 3.05) is 0 Å². The van der Waals surface area contributed by atoms with Crippen LogP contribution in [0, 0.1) is 13.8 Å². The molecule has 144 valence electrons. The van der Waals surface area contributed by atoms with Crippen LogP contribution in [-0.4, -0.2) is 19.5 Å². The fourth-order valence-corrected chi connectivity index (χ4v) is 4.12. The summed E-state index contributed by atoms with van der Waals surface area (Å²) in [6, 6.07) is 12.8. The Balaban J connectivity index is 1.78. The molecule has 5 aromatic rings. The Labute approximate surface area is 170 Å². The lowest BCUT2D eigenvalue weighted by Gasteiger charge is -2.16. The SMILES string of the molecule is Cc1cccc(C)c1-n1ccc2c3ccc4nc(C(C)(C)C)ncc4c3ncc21. The van der Waals surface area contributed by atoms with E-state index in [1.165, 1.54) is 22.2 Å². The Hall–Kier alpha value is -3.27. The maximum Gasteiger partial charge on any atom is 0.134 e. The van der Waals surface area contributed by atoms with Crippen molar-refractivity contribution in [2.45, 2.75) is 40.0 Å². The molecule has 4 nitrogen and oxygen atoms in total. The van der Waals surface area contributed by atoms with Crippen LogP contribution in [0.3, 0.4) is 0 Å². The van der Waals surface area contributed by atoms with Gasteiger partial charge in [0.15, 0.2) is 0 Å². The number of pyridine rings is 1. The van der Waals surface area contributed by atoms with Crippen molar-refractivity contribution in [1.82, 2.24) is 19.5 Å². The van der Waals surface area contributed by atoms with Gasteiger partial charge in [0.25, 0.3) is 0 Å². The summed E-state index contributed by atoms with van der Waals surface area (Å²) in [5, 5.41) is 3.32. The van der Waals surface area contributed by atoms with Crippen LogP contribution >= 0.6 is 0 Å². The maximum absolute atomic E-state index is 4.85. The monoisotopic (exact) mass is 380 g/mol. The Kier molecular flexibility index (Phi) is 3.75. The lowest BCUT2D eigenvalue weighted by Crippen LogP contribution is -2.15. The highest BCUT2D eigenvalue weighted by molar-refractivity contribution is 6.14. The summed E-state index contributed by atoms with van der Waals surface area (Å²) in [5.74, 6) is 0.853. The van der Waals surface area contributed by atoms with Gasteiger partial charge >= 0.3 is 0 Å². The van der Waals surface area contributed by atoms with Gasteiger partial charge in [0.2, 0.25) is 0 Å². The summed E-state index contributed by atoms with van der Waals surface area (Å²) in [6.45, 7) is 10.7. The van der Waals surface area contributed by atoms with Crippen molar-refractivity contribution in [2.24, 2.45) is 0 Å². The predicted molar refractivity (Wildman–Crippen MR) is 120 cm³/mol. The molecule has 0 unspecified atom stereocenters. The molecule has 0 saturated carbocycles. The van der Waals surface area contributed by atoms with E-state index in [1.54, 1.807) is 0 Å². The number of fused-ring (bicyclic) bond motifs is 5. The number of hydrogen-bond acceptors (Lipinski definition) is 3. The summed E-state index contributed by atoms with van der Waals surface area (Å²) in [6.07, 6.45) is 6.04. The minimum atomic E-state index is -0.0802. The van der Waals surface area contributed by atoms with Gasteiger partial charge in [-0.1, -0.05) is 39.0 Å². The van der Waals surface area contributed by atoms with Crippen LogP contribution in [0.4, 0.5) is 0 Å². The average molecular weight is 380 g/mol. The number of hydrogen-bond donors (Lipinski definition) is 0. The smallest absolute Gasteiger partial charge is 0.134 e. The highest BCUT2D eigenvalue weighted by Crippen LogP contribution is 2.32. The second-order valence-corrected chi connectivity index (χ2v) is 8.82. The van der Waals surface area contributed by atoms with Crippen LogP contribution in [-0.2, 0) is 5.41 Å². The molecule has 3 heterocycles. The van der Waals surface area contributed by atoms with E-state index in [-0.39, 0.29) is 5.41 Å². The summed E-state index contributed by atoms with van der Waals surface area (Å²) >= 11 is 0. The highest BCUT2D eigenvalue weighted by atomic mass is 15.0. The van der Waals surface area contributed by atoms with E-state index in [1.807, 2.05) is 12.4 Å². The van der Waals surface area contributed by atoms with E-state index in [9.17, 15) is 0 Å².